The number of ether oxygens (including phenoxy) is 3. The molecule has 0 aliphatic carbocycles. The molecule has 2 N–H and O–H groups in total. The molecule has 0 radical (unpaired) electrons. The lowest BCUT2D eigenvalue weighted by atomic mass is 9.99. The lowest BCUT2D eigenvalue weighted by Gasteiger charge is -2.25. The molecule has 3 atom stereocenters. The molecule has 126 valence electrons. The van der Waals surface area contributed by atoms with Gasteiger partial charge in [0.15, 0.2) is 11.5 Å². The van der Waals surface area contributed by atoms with E-state index in [-0.39, 0.29) is 18.1 Å². The Kier molecular flexibility index (Phi) is 5.03. The van der Waals surface area contributed by atoms with Crippen molar-refractivity contribution in [2.45, 2.75) is 31.4 Å². The fraction of sp³-hybridized carbons (Fsp3) is 0.588. The summed E-state index contributed by atoms with van der Waals surface area (Å²) in [5, 5.41) is 12.4. The maximum atomic E-state index is 11.2. The fourth-order valence-electron chi connectivity index (χ4n) is 3.26. The van der Waals surface area contributed by atoms with Crippen molar-refractivity contribution in [1.82, 2.24) is 5.32 Å². The van der Waals surface area contributed by atoms with Crippen LogP contribution in [0.1, 0.15) is 30.9 Å². The first-order valence-electron chi connectivity index (χ1n) is 8.06. The number of hydrogen-bond donors (Lipinski definition) is 2. The number of carboxylic acids is 1. The molecule has 3 rings (SSSR count). The molecule has 1 aromatic rings. The minimum absolute atomic E-state index is 0.0304. The Morgan fingerprint density at radius 1 is 1.43 bits per heavy atom. The highest BCUT2D eigenvalue weighted by Crippen LogP contribution is 2.39. The third kappa shape index (κ3) is 3.59. The van der Waals surface area contributed by atoms with Gasteiger partial charge in [-0.3, -0.25) is 4.79 Å². The molecular weight excluding hydrogens is 298 g/mol. The van der Waals surface area contributed by atoms with E-state index in [1.807, 2.05) is 18.2 Å². The molecule has 0 saturated carbocycles. The molecule has 2 aliphatic rings. The number of hydrogen-bond acceptors (Lipinski definition) is 5. The number of methoxy groups -OCH3 is 1. The van der Waals surface area contributed by atoms with Crippen LogP contribution in [0.5, 0.6) is 11.5 Å². The lowest BCUT2D eigenvalue weighted by molar-refractivity contribution is -0.141. The molecule has 23 heavy (non-hydrogen) atoms. The third-order valence-electron chi connectivity index (χ3n) is 4.48. The molecular formula is C17H23NO5. The summed E-state index contributed by atoms with van der Waals surface area (Å²) in [5.74, 6) is 0.259. The Bertz CT molecular complexity index is 556. The van der Waals surface area contributed by atoms with Gasteiger partial charge in [0.1, 0.15) is 6.10 Å². The van der Waals surface area contributed by atoms with Crippen LogP contribution in [0.2, 0.25) is 0 Å². The van der Waals surface area contributed by atoms with Crippen LogP contribution in [0, 0.1) is 5.92 Å². The fourth-order valence-corrected chi connectivity index (χ4v) is 3.26. The van der Waals surface area contributed by atoms with Crippen molar-refractivity contribution in [1.29, 1.82) is 0 Å². The van der Waals surface area contributed by atoms with Gasteiger partial charge in [-0.2, -0.15) is 0 Å². The molecule has 6 nitrogen and oxygen atoms in total. The van der Waals surface area contributed by atoms with Crippen LogP contribution in [-0.2, 0) is 9.53 Å². The number of carboxylic acid groups (broad SMARTS) is 1. The molecule has 3 unspecified atom stereocenters. The van der Waals surface area contributed by atoms with E-state index in [2.05, 4.69) is 5.32 Å². The van der Waals surface area contributed by atoms with Gasteiger partial charge < -0.3 is 24.6 Å². The van der Waals surface area contributed by atoms with Crippen LogP contribution in [-0.4, -0.2) is 44.0 Å². The van der Waals surface area contributed by atoms with Gasteiger partial charge in [-0.25, -0.2) is 0 Å². The van der Waals surface area contributed by atoms with Crippen LogP contribution in [0.3, 0.4) is 0 Å². The third-order valence-corrected chi connectivity index (χ3v) is 4.48. The highest BCUT2D eigenvalue weighted by molar-refractivity contribution is 5.71. The smallest absolute Gasteiger partial charge is 0.307 e. The predicted molar refractivity (Wildman–Crippen MR) is 83.9 cm³/mol. The maximum Gasteiger partial charge on any atom is 0.307 e. The molecule has 0 bridgehead atoms. The number of carbonyl (C=O) groups is 1. The van der Waals surface area contributed by atoms with Gasteiger partial charge in [0.2, 0.25) is 0 Å². The van der Waals surface area contributed by atoms with E-state index in [1.54, 1.807) is 7.11 Å². The zero-order chi connectivity index (χ0) is 16.2. The second kappa shape index (κ2) is 7.19. The highest BCUT2D eigenvalue weighted by Gasteiger charge is 2.32. The van der Waals surface area contributed by atoms with Crippen LogP contribution in [0.15, 0.2) is 18.2 Å². The Hall–Kier alpha value is -1.79. The quantitative estimate of drug-likeness (QED) is 0.864. The summed E-state index contributed by atoms with van der Waals surface area (Å²) in [7, 11) is 1.62. The predicted octanol–water partition coefficient (Wildman–Crippen LogP) is 1.99. The average molecular weight is 321 g/mol. The van der Waals surface area contributed by atoms with Crippen molar-refractivity contribution in [3.8, 4) is 11.5 Å². The zero-order valence-corrected chi connectivity index (χ0v) is 13.3. The molecule has 6 heteroatoms. The highest BCUT2D eigenvalue weighted by atomic mass is 16.5. The van der Waals surface area contributed by atoms with E-state index >= 15 is 0 Å². The van der Waals surface area contributed by atoms with E-state index < -0.39 is 5.97 Å². The van der Waals surface area contributed by atoms with Gasteiger partial charge in [0.25, 0.3) is 0 Å². The normalized spacial score (nSPS) is 27.6. The largest absolute Gasteiger partial charge is 0.493 e. The van der Waals surface area contributed by atoms with Crippen molar-refractivity contribution >= 4 is 5.97 Å². The number of para-hydroxylation sites is 1. The van der Waals surface area contributed by atoms with Crippen molar-refractivity contribution in [3.05, 3.63) is 23.8 Å². The Labute approximate surface area is 135 Å². The van der Waals surface area contributed by atoms with Gasteiger partial charge in [0, 0.05) is 24.8 Å². The van der Waals surface area contributed by atoms with Gasteiger partial charge in [-0.15, -0.1) is 0 Å². The number of nitrogens with one attached hydrogen (secondary N) is 1. The first-order chi connectivity index (χ1) is 11.2. The van der Waals surface area contributed by atoms with E-state index in [0.29, 0.717) is 31.1 Å². The van der Waals surface area contributed by atoms with Crippen LogP contribution < -0.4 is 14.8 Å². The maximum absolute atomic E-state index is 11.2. The Morgan fingerprint density at radius 2 is 2.30 bits per heavy atom. The average Bonchev–Trinajstić information content (AvgIpc) is 3.06. The zero-order valence-electron chi connectivity index (χ0n) is 13.3. The minimum atomic E-state index is -0.759. The molecule has 0 amide bonds. The molecule has 1 aromatic carbocycles. The van der Waals surface area contributed by atoms with Crippen molar-refractivity contribution in [2.75, 3.05) is 26.9 Å². The SMILES string of the molecule is COc1c(OC2CCCOC2)cccc1C1CC(C(=O)O)CN1. The van der Waals surface area contributed by atoms with Crippen LogP contribution >= 0.6 is 0 Å². The Balaban J connectivity index is 1.78. The van der Waals surface area contributed by atoms with Gasteiger partial charge >= 0.3 is 5.97 Å². The van der Waals surface area contributed by atoms with E-state index in [4.69, 9.17) is 19.3 Å². The molecule has 2 aliphatic heterocycles. The molecule has 2 saturated heterocycles. The summed E-state index contributed by atoms with van der Waals surface area (Å²) in [6, 6.07) is 5.75. The van der Waals surface area contributed by atoms with Gasteiger partial charge in [-0.1, -0.05) is 12.1 Å². The lowest BCUT2D eigenvalue weighted by Crippen LogP contribution is -2.28. The second-order valence-electron chi connectivity index (χ2n) is 6.07. The number of benzene rings is 1. The Morgan fingerprint density at radius 3 is 2.96 bits per heavy atom. The second-order valence-corrected chi connectivity index (χ2v) is 6.07. The van der Waals surface area contributed by atoms with Crippen LogP contribution in [0.4, 0.5) is 0 Å². The summed E-state index contributed by atoms with van der Waals surface area (Å²) >= 11 is 0. The summed E-state index contributed by atoms with van der Waals surface area (Å²) in [6.45, 7) is 1.86. The minimum Gasteiger partial charge on any atom is -0.493 e. The first kappa shape index (κ1) is 16.1. The first-order valence-corrected chi connectivity index (χ1v) is 8.06. The van der Waals surface area contributed by atoms with Crippen molar-refractivity contribution < 1.29 is 24.1 Å². The summed E-state index contributed by atoms with van der Waals surface area (Å²) < 4.78 is 17.1. The number of aliphatic carboxylic acids is 1. The molecule has 2 heterocycles. The van der Waals surface area contributed by atoms with Gasteiger partial charge in [-0.05, 0) is 25.3 Å². The van der Waals surface area contributed by atoms with Gasteiger partial charge in [0.05, 0.1) is 19.6 Å². The summed E-state index contributed by atoms with van der Waals surface area (Å²) in [6.07, 6.45) is 2.56. The van der Waals surface area contributed by atoms with Crippen LogP contribution in [0.25, 0.3) is 0 Å². The van der Waals surface area contributed by atoms with E-state index in [9.17, 15) is 4.79 Å². The topological polar surface area (TPSA) is 77.0 Å². The van der Waals surface area contributed by atoms with E-state index in [0.717, 1.165) is 25.0 Å². The van der Waals surface area contributed by atoms with E-state index in [1.165, 1.54) is 0 Å². The number of rotatable bonds is 5. The van der Waals surface area contributed by atoms with Crippen molar-refractivity contribution in [2.24, 2.45) is 5.92 Å². The molecule has 0 spiro atoms. The molecule has 2 fully saturated rings. The standard InChI is InChI=1S/C17H23NO5/c1-21-16-13(14-8-11(9-18-14)17(19)20)5-2-6-15(16)23-12-4-3-7-22-10-12/h2,5-6,11-12,14,18H,3-4,7-10H2,1H3,(H,19,20). The summed E-state index contributed by atoms with van der Waals surface area (Å²) in [4.78, 5) is 11.2. The molecule has 0 aromatic heterocycles. The van der Waals surface area contributed by atoms with Crippen molar-refractivity contribution in [3.63, 3.8) is 0 Å². The summed E-state index contributed by atoms with van der Waals surface area (Å²) in [5.41, 5.74) is 0.950. The monoisotopic (exact) mass is 321 g/mol.